The number of ether oxygens (including phenoxy) is 3. The van der Waals surface area contributed by atoms with Crippen LogP contribution >= 0.6 is 0 Å². The highest BCUT2D eigenvalue weighted by Gasteiger charge is 2.24. The van der Waals surface area contributed by atoms with E-state index >= 15 is 0 Å². The highest BCUT2D eigenvalue weighted by molar-refractivity contribution is 5.90. The van der Waals surface area contributed by atoms with E-state index in [1.165, 1.54) is 12.7 Å². The maximum atomic E-state index is 11.9. The van der Waals surface area contributed by atoms with Gasteiger partial charge in [-0.15, -0.1) is 0 Å². The summed E-state index contributed by atoms with van der Waals surface area (Å²) in [5.74, 6) is 0.532. The van der Waals surface area contributed by atoms with E-state index in [0.717, 1.165) is 24.5 Å². The quantitative estimate of drug-likeness (QED) is 0.741. The molecule has 2 atom stereocenters. The van der Waals surface area contributed by atoms with Gasteiger partial charge in [0.2, 0.25) is 0 Å². The van der Waals surface area contributed by atoms with Crippen LogP contribution in [0.25, 0.3) is 0 Å². The van der Waals surface area contributed by atoms with E-state index in [4.69, 9.17) is 14.2 Å². The lowest BCUT2D eigenvalue weighted by atomic mass is 10.1. The summed E-state index contributed by atoms with van der Waals surface area (Å²) in [6.45, 7) is 5.00. The largest absolute Gasteiger partial charge is 0.497 e. The topological polar surface area (TPSA) is 60.0 Å². The number of hydrogen-bond donors (Lipinski definition) is 1. The monoisotopic (exact) mass is 384 g/mol. The smallest absolute Gasteiger partial charge is 0.337 e. The van der Waals surface area contributed by atoms with Crippen molar-refractivity contribution in [2.45, 2.75) is 19.0 Å². The standard InChI is InChI=1S/C22H28N2O4/c1-16(17-6-5-9-21(13-17)26-2)23-14-20-15-28-11-10-24(20)19-8-4-7-18(12-19)22(25)27-3/h4-9,12-13,16,20,23H,10-11,14-15H2,1-3H3/t16-,20?/m1/s1. The molecule has 1 unspecified atom stereocenters. The Labute approximate surface area is 166 Å². The van der Waals surface area contributed by atoms with Gasteiger partial charge in [0.25, 0.3) is 0 Å². The lowest BCUT2D eigenvalue weighted by Gasteiger charge is -2.38. The molecule has 0 aromatic heterocycles. The highest BCUT2D eigenvalue weighted by atomic mass is 16.5. The number of carbonyl (C=O) groups excluding carboxylic acids is 1. The van der Waals surface area contributed by atoms with Crippen LogP contribution in [0.15, 0.2) is 48.5 Å². The SMILES string of the molecule is COC(=O)c1cccc(N2CCOCC2CN[C@H](C)c2cccc(OC)c2)c1. The molecular weight excluding hydrogens is 356 g/mol. The molecule has 28 heavy (non-hydrogen) atoms. The molecule has 0 radical (unpaired) electrons. The predicted molar refractivity (Wildman–Crippen MR) is 109 cm³/mol. The lowest BCUT2D eigenvalue weighted by molar-refractivity contribution is 0.0600. The average molecular weight is 384 g/mol. The van der Waals surface area contributed by atoms with Gasteiger partial charge in [0.05, 0.1) is 39.0 Å². The Bertz CT molecular complexity index is 796. The highest BCUT2D eigenvalue weighted by Crippen LogP contribution is 2.23. The van der Waals surface area contributed by atoms with Gasteiger partial charge in [-0.3, -0.25) is 0 Å². The molecule has 0 amide bonds. The molecule has 0 aliphatic carbocycles. The molecule has 3 rings (SSSR count). The van der Waals surface area contributed by atoms with Gasteiger partial charge >= 0.3 is 5.97 Å². The fourth-order valence-corrected chi connectivity index (χ4v) is 3.43. The Morgan fingerprint density at radius 2 is 2.07 bits per heavy atom. The van der Waals surface area contributed by atoms with Crippen LogP contribution in [0.5, 0.6) is 5.75 Å². The molecule has 1 aliphatic heterocycles. The van der Waals surface area contributed by atoms with Crippen molar-refractivity contribution >= 4 is 11.7 Å². The van der Waals surface area contributed by atoms with Crippen molar-refractivity contribution < 1.29 is 19.0 Å². The van der Waals surface area contributed by atoms with Gasteiger partial charge in [0.15, 0.2) is 0 Å². The first-order valence-electron chi connectivity index (χ1n) is 9.52. The summed E-state index contributed by atoms with van der Waals surface area (Å²) in [5, 5.41) is 3.60. The molecule has 0 bridgehead atoms. The summed E-state index contributed by atoms with van der Waals surface area (Å²) >= 11 is 0. The van der Waals surface area contributed by atoms with Gasteiger partial charge in [0, 0.05) is 24.8 Å². The molecule has 6 heteroatoms. The summed E-state index contributed by atoms with van der Waals surface area (Å²) in [6, 6.07) is 16.0. The molecule has 0 spiro atoms. The van der Waals surface area contributed by atoms with Crippen molar-refractivity contribution in [3.8, 4) is 5.75 Å². The fraction of sp³-hybridized carbons (Fsp3) is 0.409. The molecule has 1 fully saturated rings. The second kappa shape index (κ2) is 9.57. The maximum absolute atomic E-state index is 11.9. The number of morpholine rings is 1. The summed E-state index contributed by atoms with van der Waals surface area (Å²) in [6.07, 6.45) is 0. The predicted octanol–water partition coefficient (Wildman–Crippen LogP) is 3.04. The van der Waals surface area contributed by atoms with Crippen LogP contribution in [0.1, 0.15) is 28.9 Å². The Kier molecular flexibility index (Phi) is 6.90. The molecule has 1 N–H and O–H groups in total. The maximum Gasteiger partial charge on any atom is 0.337 e. The van der Waals surface area contributed by atoms with Crippen molar-refractivity contribution in [1.82, 2.24) is 5.32 Å². The van der Waals surface area contributed by atoms with Crippen LogP contribution in [0.2, 0.25) is 0 Å². The van der Waals surface area contributed by atoms with E-state index in [1.807, 2.05) is 36.4 Å². The van der Waals surface area contributed by atoms with E-state index in [2.05, 4.69) is 23.2 Å². The first-order valence-corrected chi connectivity index (χ1v) is 9.52. The van der Waals surface area contributed by atoms with Gasteiger partial charge in [-0.25, -0.2) is 4.79 Å². The van der Waals surface area contributed by atoms with Crippen LogP contribution in [-0.2, 0) is 9.47 Å². The van der Waals surface area contributed by atoms with Crippen LogP contribution in [-0.4, -0.2) is 52.5 Å². The third-order valence-corrected chi connectivity index (χ3v) is 5.08. The minimum Gasteiger partial charge on any atom is -0.497 e. The molecular formula is C22H28N2O4. The van der Waals surface area contributed by atoms with Gasteiger partial charge in [0.1, 0.15) is 5.75 Å². The number of nitrogens with zero attached hydrogens (tertiary/aromatic N) is 1. The zero-order chi connectivity index (χ0) is 19.9. The van der Waals surface area contributed by atoms with Crippen LogP contribution in [0.4, 0.5) is 5.69 Å². The van der Waals surface area contributed by atoms with Crippen molar-refractivity contribution in [3.05, 3.63) is 59.7 Å². The van der Waals surface area contributed by atoms with Crippen LogP contribution in [0, 0.1) is 0 Å². The van der Waals surface area contributed by atoms with Crippen LogP contribution in [0.3, 0.4) is 0 Å². The Morgan fingerprint density at radius 1 is 1.25 bits per heavy atom. The van der Waals surface area contributed by atoms with Crippen LogP contribution < -0.4 is 15.0 Å². The zero-order valence-corrected chi connectivity index (χ0v) is 16.7. The van der Waals surface area contributed by atoms with Crippen molar-refractivity contribution in [2.75, 3.05) is 45.4 Å². The second-order valence-corrected chi connectivity index (χ2v) is 6.87. The number of carbonyl (C=O) groups is 1. The van der Waals surface area contributed by atoms with E-state index in [-0.39, 0.29) is 18.1 Å². The molecule has 2 aromatic rings. The minimum absolute atomic E-state index is 0.176. The minimum atomic E-state index is -0.323. The summed E-state index contributed by atoms with van der Waals surface area (Å²) in [7, 11) is 3.08. The molecule has 0 saturated carbocycles. The third kappa shape index (κ3) is 4.82. The second-order valence-electron chi connectivity index (χ2n) is 6.87. The van der Waals surface area contributed by atoms with Gasteiger partial charge in [-0.05, 0) is 42.8 Å². The Morgan fingerprint density at radius 3 is 2.86 bits per heavy atom. The first-order chi connectivity index (χ1) is 13.6. The number of benzene rings is 2. The Hall–Kier alpha value is -2.57. The molecule has 1 aliphatic rings. The van der Waals surface area contributed by atoms with E-state index in [0.29, 0.717) is 18.8 Å². The normalized spacial score (nSPS) is 17.8. The zero-order valence-electron chi connectivity index (χ0n) is 16.7. The van der Waals surface area contributed by atoms with E-state index in [9.17, 15) is 4.79 Å². The number of rotatable bonds is 7. The number of methoxy groups -OCH3 is 2. The first kappa shape index (κ1) is 20.2. The Balaban J connectivity index is 1.69. The molecule has 2 aromatic carbocycles. The fourth-order valence-electron chi connectivity index (χ4n) is 3.43. The summed E-state index contributed by atoms with van der Waals surface area (Å²) in [5.41, 5.74) is 2.74. The molecule has 150 valence electrons. The summed E-state index contributed by atoms with van der Waals surface area (Å²) in [4.78, 5) is 14.2. The number of esters is 1. The number of hydrogen-bond acceptors (Lipinski definition) is 6. The lowest BCUT2D eigenvalue weighted by Crippen LogP contribution is -2.51. The van der Waals surface area contributed by atoms with Crippen molar-refractivity contribution in [2.24, 2.45) is 0 Å². The van der Waals surface area contributed by atoms with Gasteiger partial charge in [-0.1, -0.05) is 18.2 Å². The van der Waals surface area contributed by atoms with E-state index in [1.54, 1.807) is 13.2 Å². The van der Waals surface area contributed by atoms with Gasteiger partial charge < -0.3 is 24.4 Å². The summed E-state index contributed by atoms with van der Waals surface area (Å²) < 4.78 is 15.9. The van der Waals surface area contributed by atoms with E-state index < -0.39 is 0 Å². The van der Waals surface area contributed by atoms with Crippen molar-refractivity contribution in [1.29, 1.82) is 0 Å². The number of nitrogens with one attached hydrogen (secondary N) is 1. The molecule has 1 saturated heterocycles. The molecule has 6 nitrogen and oxygen atoms in total. The van der Waals surface area contributed by atoms with Gasteiger partial charge in [-0.2, -0.15) is 0 Å². The third-order valence-electron chi connectivity index (χ3n) is 5.08. The number of anilines is 1. The average Bonchev–Trinajstić information content (AvgIpc) is 2.77. The van der Waals surface area contributed by atoms with Crippen molar-refractivity contribution in [3.63, 3.8) is 0 Å². The molecule has 1 heterocycles.